The molecule has 0 aromatic heterocycles. The first-order chi connectivity index (χ1) is 11.5. The van der Waals surface area contributed by atoms with Gasteiger partial charge >= 0.3 is 0 Å². The van der Waals surface area contributed by atoms with Crippen molar-refractivity contribution in [2.45, 2.75) is 4.90 Å². The first-order valence-electron chi connectivity index (χ1n) is 7.47. The lowest BCUT2D eigenvalue weighted by Gasteiger charge is -2.17. The highest BCUT2D eigenvalue weighted by atomic mass is 32.2. The van der Waals surface area contributed by atoms with Crippen LogP contribution in [-0.2, 0) is 10.8 Å². The standard InChI is InChI=1S/C18H21NO4S/c1-19(12-13-23-16-8-6-15(22-2)7-9-16)18(20)14-4-10-17(11-5-14)24(3)21/h4-11H,12-13H2,1-3H3. The fourth-order valence-electron chi connectivity index (χ4n) is 2.08. The van der Waals surface area contributed by atoms with Crippen LogP contribution in [0.1, 0.15) is 10.4 Å². The molecular formula is C18H21NO4S. The van der Waals surface area contributed by atoms with Crippen molar-refractivity contribution in [1.82, 2.24) is 4.90 Å². The summed E-state index contributed by atoms with van der Waals surface area (Å²) in [6.45, 7) is 0.859. The van der Waals surface area contributed by atoms with Crippen molar-refractivity contribution in [3.63, 3.8) is 0 Å². The number of carbonyl (C=O) groups is 1. The minimum atomic E-state index is -1.04. The Labute approximate surface area is 144 Å². The molecule has 0 aliphatic carbocycles. The zero-order valence-corrected chi connectivity index (χ0v) is 14.8. The maximum atomic E-state index is 12.3. The van der Waals surface area contributed by atoms with Gasteiger partial charge in [0.2, 0.25) is 0 Å². The monoisotopic (exact) mass is 347 g/mol. The molecule has 0 fully saturated rings. The van der Waals surface area contributed by atoms with Gasteiger partial charge in [0.15, 0.2) is 0 Å². The zero-order valence-electron chi connectivity index (χ0n) is 14.0. The largest absolute Gasteiger partial charge is 0.497 e. The average molecular weight is 347 g/mol. The highest BCUT2D eigenvalue weighted by Gasteiger charge is 2.12. The maximum absolute atomic E-state index is 12.3. The van der Waals surface area contributed by atoms with E-state index in [9.17, 15) is 9.00 Å². The molecule has 2 rings (SSSR count). The van der Waals surface area contributed by atoms with Gasteiger partial charge in [0.1, 0.15) is 18.1 Å². The third kappa shape index (κ3) is 4.83. The molecule has 128 valence electrons. The van der Waals surface area contributed by atoms with E-state index in [4.69, 9.17) is 9.47 Å². The Morgan fingerprint density at radius 3 is 2.17 bits per heavy atom. The minimum absolute atomic E-state index is 0.0956. The van der Waals surface area contributed by atoms with E-state index in [-0.39, 0.29) is 5.91 Å². The van der Waals surface area contributed by atoms with Gasteiger partial charge in [0, 0.05) is 34.6 Å². The Morgan fingerprint density at radius 1 is 1.04 bits per heavy atom. The molecule has 0 bridgehead atoms. The molecule has 1 amide bonds. The molecule has 0 radical (unpaired) electrons. The van der Waals surface area contributed by atoms with Gasteiger partial charge in [-0.3, -0.25) is 9.00 Å². The van der Waals surface area contributed by atoms with Gasteiger partial charge in [-0.2, -0.15) is 0 Å². The molecule has 6 heteroatoms. The molecule has 0 heterocycles. The fourth-order valence-corrected chi connectivity index (χ4v) is 2.60. The van der Waals surface area contributed by atoms with Crippen LogP contribution in [0.25, 0.3) is 0 Å². The lowest BCUT2D eigenvalue weighted by molar-refractivity contribution is 0.0773. The minimum Gasteiger partial charge on any atom is -0.497 e. The normalized spacial score (nSPS) is 11.6. The molecule has 5 nitrogen and oxygen atoms in total. The van der Waals surface area contributed by atoms with Crippen LogP contribution in [0.5, 0.6) is 11.5 Å². The summed E-state index contributed by atoms with van der Waals surface area (Å²) in [6, 6.07) is 14.1. The number of hydrogen-bond acceptors (Lipinski definition) is 4. The SMILES string of the molecule is COc1ccc(OCCN(C)C(=O)c2ccc(S(C)=O)cc2)cc1. The van der Waals surface area contributed by atoms with Gasteiger partial charge in [-0.25, -0.2) is 0 Å². The maximum Gasteiger partial charge on any atom is 0.253 e. The van der Waals surface area contributed by atoms with Crippen LogP contribution in [0.2, 0.25) is 0 Å². The van der Waals surface area contributed by atoms with Gasteiger partial charge in [0.25, 0.3) is 5.91 Å². The Kier molecular flexibility index (Phi) is 6.37. The molecule has 0 N–H and O–H groups in total. The molecule has 0 aliphatic rings. The summed E-state index contributed by atoms with van der Waals surface area (Å²) in [5.74, 6) is 1.40. The van der Waals surface area contributed by atoms with Gasteiger partial charge in [-0.1, -0.05) is 0 Å². The molecule has 0 saturated heterocycles. The number of ether oxygens (including phenoxy) is 2. The summed E-state index contributed by atoms with van der Waals surface area (Å²) >= 11 is 0. The van der Waals surface area contributed by atoms with Gasteiger partial charge in [-0.15, -0.1) is 0 Å². The van der Waals surface area contributed by atoms with Crippen molar-refractivity contribution in [3.8, 4) is 11.5 Å². The van der Waals surface area contributed by atoms with Gasteiger partial charge in [-0.05, 0) is 48.5 Å². The predicted octanol–water partition coefficient (Wildman–Crippen LogP) is 2.58. The van der Waals surface area contributed by atoms with Crippen molar-refractivity contribution in [2.75, 3.05) is 33.6 Å². The second-order valence-corrected chi connectivity index (χ2v) is 6.61. The van der Waals surface area contributed by atoms with Gasteiger partial charge < -0.3 is 14.4 Å². The predicted molar refractivity (Wildman–Crippen MR) is 94.2 cm³/mol. The molecule has 24 heavy (non-hydrogen) atoms. The number of methoxy groups -OCH3 is 1. The summed E-state index contributed by atoms with van der Waals surface area (Å²) < 4.78 is 22.1. The Hall–Kier alpha value is -2.34. The third-order valence-corrected chi connectivity index (χ3v) is 4.47. The molecule has 0 spiro atoms. The van der Waals surface area contributed by atoms with Crippen molar-refractivity contribution >= 4 is 16.7 Å². The van der Waals surface area contributed by atoms with E-state index in [1.54, 1.807) is 49.6 Å². The first kappa shape index (κ1) is 18.0. The molecule has 1 atom stereocenters. The molecule has 1 unspecified atom stereocenters. The van der Waals surface area contributed by atoms with E-state index < -0.39 is 10.8 Å². The second kappa shape index (κ2) is 8.49. The van der Waals surface area contributed by atoms with Crippen molar-refractivity contribution in [1.29, 1.82) is 0 Å². The summed E-state index contributed by atoms with van der Waals surface area (Å²) in [5, 5.41) is 0. The fraction of sp³-hybridized carbons (Fsp3) is 0.278. The highest BCUT2D eigenvalue weighted by molar-refractivity contribution is 7.84. The van der Waals surface area contributed by atoms with Gasteiger partial charge in [0.05, 0.1) is 13.7 Å². The highest BCUT2D eigenvalue weighted by Crippen LogP contribution is 2.17. The van der Waals surface area contributed by atoms with Crippen LogP contribution < -0.4 is 9.47 Å². The third-order valence-electron chi connectivity index (χ3n) is 3.53. The summed E-state index contributed by atoms with van der Waals surface area (Å²) in [4.78, 5) is 14.6. The van der Waals surface area contributed by atoms with Crippen LogP contribution in [0.4, 0.5) is 0 Å². The number of rotatable bonds is 7. The first-order valence-corrected chi connectivity index (χ1v) is 9.03. The second-order valence-electron chi connectivity index (χ2n) is 5.23. The number of hydrogen-bond donors (Lipinski definition) is 0. The van der Waals surface area contributed by atoms with Crippen molar-refractivity contribution in [3.05, 3.63) is 54.1 Å². The Bertz CT molecular complexity index is 698. The zero-order chi connectivity index (χ0) is 17.5. The van der Waals surface area contributed by atoms with Crippen LogP contribution in [-0.4, -0.2) is 48.6 Å². The molecule has 2 aromatic carbocycles. The molecular weight excluding hydrogens is 326 g/mol. The van der Waals surface area contributed by atoms with Crippen LogP contribution in [0.3, 0.4) is 0 Å². The summed E-state index contributed by atoms with van der Waals surface area (Å²) in [7, 11) is 2.30. The van der Waals surface area contributed by atoms with E-state index >= 15 is 0 Å². The van der Waals surface area contributed by atoms with E-state index in [1.165, 1.54) is 0 Å². The van der Waals surface area contributed by atoms with Crippen LogP contribution in [0, 0.1) is 0 Å². The molecule has 0 aliphatic heterocycles. The molecule has 0 saturated carbocycles. The van der Waals surface area contributed by atoms with E-state index in [2.05, 4.69) is 0 Å². The average Bonchev–Trinajstić information content (AvgIpc) is 2.61. The number of benzene rings is 2. The number of likely N-dealkylation sites (N-methyl/N-ethyl adjacent to an activating group) is 1. The lowest BCUT2D eigenvalue weighted by atomic mass is 10.2. The summed E-state index contributed by atoms with van der Waals surface area (Å²) in [6.07, 6.45) is 1.61. The quantitative estimate of drug-likeness (QED) is 0.772. The number of amides is 1. The smallest absolute Gasteiger partial charge is 0.253 e. The Morgan fingerprint density at radius 2 is 1.62 bits per heavy atom. The molecule has 2 aromatic rings. The van der Waals surface area contributed by atoms with Crippen molar-refractivity contribution in [2.24, 2.45) is 0 Å². The van der Waals surface area contributed by atoms with Crippen molar-refractivity contribution < 1.29 is 18.5 Å². The van der Waals surface area contributed by atoms with Crippen LogP contribution in [0.15, 0.2) is 53.4 Å². The topological polar surface area (TPSA) is 55.8 Å². The van der Waals surface area contributed by atoms with E-state index in [0.717, 1.165) is 11.5 Å². The van der Waals surface area contributed by atoms with Crippen LogP contribution >= 0.6 is 0 Å². The summed E-state index contributed by atoms with van der Waals surface area (Å²) in [5.41, 5.74) is 0.566. The Balaban J connectivity index is 1.85. The number of carbonyl (C=O) groups excluding carboxylic acids is 1. The lowest BCUT2D eigenvalue weighted by Crippen LogP contribution is -2.30. The number of nitrogens with zero attached hydrogens (tertiary/aromatic N) is 1. The van der Waals surface area contributed by atoms with E-state index in [1.807, 2.05) is 24.3 Å². The van der Waals surface area contributed by atoms with E-state index in [0.29, 0.717) is 23.6 Å².